The topological polar surface area (TPSA) is 116 Å². The normalized spacial score (nSPS) is 19.5. The highest BCUT2D eigenvalue weighted by molar-refractivity contribution is 8.00. The Kier molecular flexibility index (Phi) is 4.82. The van der Waals surface area contributed by atoms with E-state index in [0.29, 0.717) is 23.6 Å². The van der Waals surface area contributed by atoms with Gasteiger partial charge in [0, 0.05) is 18.2 Å². The Morgan fingerprint density at radius 2 is 2.24 bits per heavy atom. The zero-order chi connectivity index (χ0) is 18.1. The Balaban J connectivity index is 1.93. The molecule has 0 saturated carbocycles. The van der Waals surface area contributed by atoms with Crippen LogP contribution in [0.15, 0.2) is 23.5 Å². The van der Waals surface area contributed by atoms with Crippen LogP contribution in [0.4, 0.5) is 5.82 Å². The Morgan fingerprint density at radius 3 is 2.84 bits per heavy atom. The number of aliphatic carboxylic acids is 1. The zero-order valence-corrected chi connectivity index (χ0v) is 14.5. The number of thioether (sulfide) groups is 1. The molecular weight excluding hydrogens is 348 g/mol. The summed E-state index contributed by atoms with van der Waals surface area (Å²) in [4.78, 5) is 36.1. The van der Waals surface area contributed by atoms with E-state index in [9.17, 15) is 24.6 Å². The standard InChI is InChI=1S/C15H18N4O5S/c1-9(21)16-11-2-3-17(18(11)4-5-20)7-10-8-25-13-6-12(22)19(13)14(10)15(23)24/h2-3,13,20H,4-8H2,1H3,(H,23,24)/p+1/t13-/m1/s1. The fourth-order valence-electron chi connectivity index (χ4n) is 3.02. The Labute approximate surface area is 147 Å². The molecule has 0 aliphatic carbocycles. The second kappa shape index (κ2) is 6.89. The minimum atomic E-state index is -1.11. The number of carbonyl (C=O) groups is 3. The van der Waals surface area contributed by atoms with Crippen LogP contribution in [0.3, 0.4) is 0 Å². The number of aliphatic hydroxyl groups is 1. The van der Waals surface area contributed by atoms with Gasteiger partial charge in [-0.25, -0.2) is 4.79 Å². The van der Waals surface area contributed by atoms with Crippen molar-refractivity contribution in [3.63, 3.8) is 0 Å². The number of hydrogen-bond donors (Lipinski definition) is 3. The summed E-state index contributed by atoms with van der Waals surface area (Å²) in [5, 5.41) is 21.4. The third kappa shape index (κ3) is 3.27. The van der Waals surface area contributed by atoms with Crippen LogP contribution in [0.25, 0.3) is 0 Å². The van der Waals surface area contributed by atoms with Crippen molar-refractivity contribution in [2.24, 2.45) is 0 Å². The van der Waals surface area contributed by atoms with Crippen molar-refractivity contribution >= 4 is 35.4 Å². The van der Waals surface area contributed by atoms with Gasteiger partial charge < -0.3 is 15.5 Å². The van der Waals surface area contributed by atoms with Crippen molar-refractivity contribution in [2.75, 3.05) is 17.7 Å². The molecule has 2 aliphatic heterocycles. The van der Waals surface area contributed by atoms with Crippen molar-refractivity contribution < 1.29 is 29.3 Å². The fraction of sp³-hybridized carbons (Fsp3) is 0.467. The number of aliphatic hydroxyl groups excluding tert-OH is 1. The SMILES string of the molecule is CC(=O)Nc1cc[n+](CC2=C(C(=O)O)N3C(=O)C[C@H]3SC2)n1CCO. The summed E-state index contributed by atoms with van der Waals surface area (Å²) >= 11 is 1.54. The third-order valence-electron chi connectivity index (χ3n) is 4.10. The van der Waals surface area contributed by atoms with Gasteiger partial charge in [-0.3, -0.25) is 14.5 Å². The van der Waals surface area contributed by atoms with E-state index in [1.54, 1.807) is 33.4 Å². The number of hydrogen-bond acceptors (Lipinski definition) is 5. The van der Waals surface area contributed by atoms with Crippen LogP contribution in [-0.4, -0.2) is 55.3 Å². The maximum atomic E-state index is 11.8. The summed E-state index contributed by atoms with van der Waals surface area (Å²) in [5.74, 6) is -0.501. The first-order chi connectivity index (χ1) is 11.9. The molecule has 2 amide bonds. The van der Waals surface area contributed by atoms with Crippen LogP contribution in [0.1, 0.15) is 13.3 Å². The number of aromatic nitrogens is 2. The van der Waals surface area contributed by atoms with Crippen LogP contribution >= 0.6 is 11.8 Å². The molecule has 134 valence electrons. The van der Waals surface area contributed by atoms with E-state index in [0.717, 1.165) is 0 Å². The van der Waals surface area contributed by atoms with Gasteiger partial charge in [0.05, 0.1) is 24.5 Å². The second-order valence-corrected chi connectivity index (χ2v) is 6.98. The molecule has 9 nitrogen and oxygen atoms in total. The molecule has 0 unspecified atom stereocenters. The molecule has 3 N–H and O–H groups in total. The lowest BCUT2D eigenvalue weighted by Crippen LogP contribution is -2.55. The van der Waals surface area contributed by atoms with Crippen LogP contribution in [0, 0.1) is 0 Å². The Bertz CT molecular complexity index is 772. The molecule has 0 spiro atoms. The van der Waals surface area contributed by atoms with Crippen molar-refractivity contribution in [3.8, 4) is 0 Å². The van der Waals surface area contributed by atoms with Crippen LogP contribution in [-0.2, 0) is 27.5 Å². The second-order valence-electron chi connectivity index (χ2n) is 5.82. The highest BCUT2D eigenvalue weighted by Crippen LogP contribution is 2.39. The van der Waals surface area contributed by atoms with Crippen LogP contribution < -0.4 is 10.00 Å². The molecule has 1 atom stereocenters. The van der Waals surface area contributed by atoms with E-state index in [2.05, 4.69) is 5.32 Å². The first-order valence-corrected chi connectivity index (χ1v) is 8.84. The van der Waals surface area contributed by atoms with Gasteiger partial charge in [0.2, 0.25) is 11.8 Å². The summed E-state index contributed by atoms with van der Waals surface area (Å²) in [5.41, 5.74) is 0.670. The fourth-order valence-corrected chi connectivity index (χ4v) is 4.28. The van der Waals surface area contributed by atoms with Gasteiger partial charge in [-0.2, -0.15) is 0 Å². The molecule has 3 rings (SSSR count). The highest BCUT2D eigenvalue weighted by Gasteiger charge is 2.46. The van der Waals surface area contributed by atoms with Gasteiger partial charge >= 0.3 is 5.97 Å². The zero-order valence-electron chi connectivity index (χ0n) is 13.6. The van der Waals surface area contributed by atoms with Gasteiger partial charge in [0.1, 0.15) is 12.2 Å². The van der Waals surface area contributed by atoms with E-state index in [1.165, 1.54) is 11.8 Å². The molecule has 0 radical (unpaired) electrons. The molecule has 1 aromatic heterocycles. The predicted octanol–water partition coefficient (Wildman–Crippen LogP) is -0.630. The minimum absolute atomic E-state index is 0.0466. The lowest BCUT2D eigenvalue weighted by atomic mass is 10.1. The van der Waals surface area contributed by atoms with Crippen molar-refractivity contribution in [2.45, 2.75) is 31.8 Å². The number of carboxylic acid groups (broad SMARTS) is 1. The molecule has 1 aromatic rings. The number of fused-ring (bicyclic) bond motifs is 1. The number of nitrogens with zero attached hydrogens (tertiary/aromatic N) is 3. The van der Waals surface area contributed by atoms with Crippen LogP contribution in [0.2, 0.25) is 0 Å². The maximum Gasteiger partial charge on any atom is 0.352 e. The lowest BCUT2D eigenvalue weighted by molar-refractivity contribution is -0.767. The minimum Gasteiger partial charge on any atom is -0.477 e. The van der Waals surface area contributed by atoms with E-state index < -0.39 is 5.97 Å². The quantitative estimate of drug-likeness (QED) is 0.455. The summed E-state index contributed by atoms with van der Waals surface area (Å²) in [7, 11) is 0. The summed E-state index contributed by atoms with van der Waals surface area (Å²) < 4.78 is 3.40. The average molecular weight is 367 g/mol. The van der Waals surface area contributed by atoms with Crippen molar-refractivity contribution in [3.05, 3.63) is 23.5 Å². The van der Waals surface area contributed by atoms with Crippen molar-refractivity contribution in [1.29, 1.82) is 0 Å². The van der Waals surface area contributed by atoms with E-state index in [1.807, 2.05) is 0 Å². The number of carboxylic acids is 1. The van der Waals surface area contributed by atoms with E-state index in [4.69, 9.17) is 0 Å². The van der Waals surface area contributed by atoms with Gasteiger partial charge in [0.15, 0.2) is 18.6 Å². The first-order valence-electron chi connectivity index (χ1n) is 7.79. The molecule has 0 bridgehead atoms. The highest BCUT2D eigenvalue weighted by atomic mass is 32.2. The molecule has 1 saturated heterocycles. The van der Waals surface area contributed by atoms with E-state index >= 15 is 0 Å². The first kappa shape index (κ1) is 17.5. The molecule has 2 aliphatic rings. The third-order valence-corrected chi connectivity index (χ3v) is 5.37. The molecule has 10 heteroatoms. The molecular formula is C15H19N4O5S+. The largest absolute Gasteiger partial charge is 0.477 e. The molecule has 25 heavy (non-hydrogen) atoms. The monoisotopic (exact) mass is 367 g/mol. The number of rotatable bonds is 6. The van der Waals surface area contributed by atoms with Gasteiger partial charge in [-0.1, -0.05) is 0 Å². The lowest BCUT2D eigenvalue weighted by Gasteiger charge is -2.43. The number of anilines is 1. The van der Waals surface area contributed by atoms with Gasteiger partial charge in [-0.15, -0.1) is 21.1 Å². The Hall–Kier alpha value is -2.33. The van der Waals surface area contributed by atoms with E-state index in [-0.39, 0.29) is 42.6 Å². The molecule has 3 heterocycles. The smallest absolute Gasteiger partial charge is 0.352 e. The van der Waals surface area contributed by atoms with Crippen molar-refractivity contribution in [1.82, 2.24) is 9.58 Å². The number of carbonyl (C=O) groups excluding carboxylic acids is 2. The molecule has 0 aromatic carbocycles. The average Bonchev–Trinajstić information content (AvgIpc) is 2.89. The van der Waals surface area contributed by atoms with Gasteiger partial charge in [0.25, 0.3) is 0 Å². The van der Waals surface area contributed by atoms with Gasteiger partial charge in [-0.05, 0) is 0 Å². The number of β-lactam (4-membered cyclic amide) rings is 1. The number of nitrogens with one attached hydrogen (secondary N) is 1. The molecule has 1 fully saturated rings. The predicted molar refractivity (Wildman–Crippen MR) is 88.4 cm³/mol. The van der Waals surface area contributed by atoms with Crippen LogP contribution in [0.5, 0.6) is 0 Å². The number of amides is 2. The Morgan fingerprint density at radius 1 is 1.48 bits per heavy atom. The summed E-state index contributed by atoms with van der Waals surface area (Å²) in [6.07, 6.45) is 2.08. The summed E-state index contributed by atoms with van der Waals surface area (Å²) in [6.45, 7) is 1.76. The maximum absolute atomic E-state index is 11.8. The summed E-state index contributed by atoms with van der Waals surface area (Å²) in [6, 6.07) is 1.69.